The van der Waals surface area contributed by atoms with E-state index in [9.17, 15) is 13.2 Å². The molecule has 0 bridgehead atoms. The van der Waals surface area contributed by atoms with Gasteiger partial charge in [0.2, 0.25) is 0 Å². The highest BCUT2D eigenvalue weighted by atomic mass is 19.4. The van der Waals surface area contributed by atoms with Crippen molar-refractivity contribution in [1.82, 2.24) is 5.32 Å². The number of nitrogens with one attached hydrogen (secondary N) is 1. The highest BCUT2D eigenvalue weighted by Crippen LogP contribution is 2.37. The van der Waals surface area contributed by atoms with Gasteiger partial charge in [-0.25, -0.2) is 0 Å². The summed E-state index contributed by atoms with van der Waals surface area (Å²) in [7, 11) is 0. The van der Waals surface area contributed by atoms with E-state index in [0.717, 1.165) is 6.42 Å². The van der Waals surface area contributed by atoms with E-state index in [1.165, 1.54) is 0 Å². The topological polar surface area (TPSA) is 12.0 Å². The minimum atomic E-state index is -4.05. The molecule has 1 aliphatic rings. The number of hydrogen-bond donors (Lipinski definition) is 1. The summed E-state index contributed by atoms with van der Waals surface area (Å²) in [5.41, 5.74) is 0.0353. The molecule has 2 atom stereocenters. The average Bonchev–Trinajstić information content (AvgIpc) is 2.12. The molecule has 96 valence electrons. The fraction of sp³-hybridized carbons (Fsp3) is 1.00. The zero-order chi connectivity index (χ0) is 12.4. The third-order valence-electron chi connectivity index (χ3n) is 3.08. The van der Waals surface area contributed by atoms with Crippen LogP contribution in [-0.4, -0.2) is 18.8 Å². The van der Waals surface area contributed by atoms with Gasteiger partial charge in [0.1, 0.15) is 0 Å². The summed E-state index contributed by atoms with van der Waals surface area (Å²) in [6.45, 7) is 6.74. The summed E-state index contributed by atoms with van der Waals surface area (Å²) in [4.78, 5) is 0. The predicted molar refractivity (Wildman–Crippen MR) is 59.3 cm³/mol. The smallest absolute Gasteiger partial charge is 0.313 e. The Kier molecular flexibility index (Phi) is 4.27. The first-order valence-electron chi connectivity index (χ1n) is 6.00. The van der Waals surface area contributed by atoms with E-state index in [-0.39, 0.29) is 17.9 Å². The van der Waals surface area contributed by atoms with E-state index < -0.39 is 12.1 Å². The van der Waals surface area contributed by atoms with Crippen molar-refractivity contribution in [3.8, 4) is 0 Å². The lowest BCUT2D eigenvalue weighted by Gasteiger charge is -2.35. The van der Waals surface area contributed by atoms with Gasteiger partial charge in [-0.2, -0.15) is 13.2 Å². The molecular weight excluding hydrogens is 215 g/mol. The summed E-state index contributed by atoms with van der Waals surface area (Å²) in [6.07, 6.45) is -1.49. The van der Waals surface area contributed by atoms with Crippen LogP contribution in [0.5, 0.6) is 0 Å². The second-order valence-corrected chi connectivity index (χ2v) is 5.98. The van der Waals surface area contributed by atoms with Gasteiger partial charge in [0, 0.05) is 12.6 Å². The lowest BCUT2D eigenvalue weighted by Crippen LogP contribution is -2.47. The van der Waals surface area contributed by atoms with Gasteiger partial charge in [-0.15, -0.1) is 0 Å². The SMILES string of the molecule is CC(C)(C)CNC1CCCCC1C(F)(F)F. The molecule has 0 radical (unpaired) electrons. The molecule has 0 spiro atoms. The van der Waals surface area contributed by atoms with Crippen LogP contribution in [0.2, 0.25) is 0 Å². The first-order valence-corrected chi connectivity index (χ1v) is 6.00. The van der Waals surface area contributed by atoms with Crippen LogP contribution >= 0.6 is 0 Å². The Bertz CT molecular complexity index is 217. The van der Waals surface area contributed by atoms with E-state index >= 15 is 0 Å². The average molecular weight is 237 g/mol. The van der Waals surface area contributed by atoms with E-state index in [0.29, 0.717) is 19.4 Å². The largest absolute Gasteiger partial charge is 0.393 e. The highest BCUT2D eigenvalue weighted by Gasteiger charge is 2.45. The molecule has 1 saturated carbocycles. The Morgan fingerprint density at radius 3 is 2.12 bits per heavy atom. The number of rotatable bonds is 2. The van der Waals surface area contributed by atoms with E-state index in [1.807, 2.05) is 20.8 Å². The van der Waals surface area contributed by atoms with Crippen LogP contribution in [0.25, 0.3) is 0 Å². The summed E-state index contributed by atoms with van der Waals surface area (Å²) in [6, 6.07) is -0.382. The summed E-state index contributed by atoms with van der Waals surface area (Å²) < 4.78 is 38.3. The van der Waals surface area contributed by atoms with Gasteiger partial charge >= 0.3 is 6.18 Å². The minimum Gasteiger partial charge on any atom is -0.313 e. The van der Waals surface area contributed by atoms with Gasteiger partial charge in [0.25, 0.3) is 0 Å². The van der Waals surface area contributed by atoms with Crippen molar-refractivity contribution < 1.29 is 13.2 Å². The maximum Gasteiger partial charge on any atom is 0.393 e. The molecule has 1 aliphatic carbocycles. The molecule has 16 heavy (non-hydrogen) atoms. The molecule has 1 N–H and O–H groups in total. The standard InChI is InChI=1S/C12H22F3N/c1-11(2,3)8-16-10-7-5-4-6-9(10)12(13,14)15/h9-10,16H,4-8H2,1-3H3. The van der Waals surface area contributed by atoms with E-state index in [4.69, 9.17) is 0 Å². The lowest BCUT2D eigenvalue weighted by molar-refractivity contribution is -0.189. The van der Waals surface area contributed by atoms with Gasteiger partial charge in [0.15, 0.2) is 0 Å². The zero-order valence-electron chi connectivity index (χ0n) is 10.3. The number of alkyl halides is 3. The van der Waals surface area contributed by atoms with Crippen molar-refractivity contribution in [1.29, 1.82) is 0 Å². The summed E-state index contributed by atoms with van der Waals surface area (Å²) >= 11 is 0. The molecule has 0 saturated heterocycles. The Morgan fingerprint density at radius 1 is 1.06 bits per heavy atom. The minimum absolute atomic E-state index is 0.0353. The van der Waals surface area contributed by atoms with Crippen molar-refractivity contribution >= 4 is 0 Å². The molecule has 0 aromatic heterocycles. The molecule has 0 heterocycles. The normalized spacial score (nSPS) is 28.1. The quantitative estimate of drug-likeness (QED) is 0.771. The summed E-state index contributed by atoms with van der Waals surface area (Å²) in [5, 5.41) is 3.10. The molecule has 1 fully saturated rings. The van der Waals surface area contributed by atoms with E-state index in [2.05, 4.69) is 5.32 Å². The predicted octanol–water partition coefficient (Wildman–Crippen LogP) is 3.74. The second-order valence-electron chi connectivity index (χ2n) is 5.98. The molecule has 1 nitrogen and oxygen atoms in total. The second kappa shape index (κ2) is 4.94. The first kappa shape index (κ1) is 13.8. The third-order valence-corrected chi connectivity index (χ3v) is 3.08. The van der Waals surface area contributed by atoms with Crippen LogP contribution in [-0.2, 0) is 0 Å². The zero-order valence-corrected chi connectivity index (χ0v) is 10.3. The fourth-order valence-corrected chi connectivity index (χ4v) is 2.20. The monoisotopic (exact) mass is 237 g/mol. The van der Waals surface area contributed by atoms with Crippen LogP contribution < -0.4 is 5.32 Å². The Hall–Kier alpha value is -0.250. The molecular formula is C12H22F3N. The maximum absolute atomic E-state index is 12.8. The van der Waals surface area contributed by atoms with Crippen LogP contribution in [0.1, 0.15) is 46.5 Å². The molecule has 0 amide bonds. The van der Waals surface area contributed by atoms with Crippen molar-refractivity contribution in [3.63, 3.8) is 0 Å². The van der Waals surface area contributed by atoms with Gasteiger partial charge in [-0.05, 0) is 18.3 Å². The summed E-state index contributed by atoms with van der Waals surface area (Å²) in [5.74, 6) is -1.15. The first-order chi connectivity index (χ1) is 7.20. The maximum atomic E-state index is 12.8. The van der Waals surface area contributed by atoms with Gasteiger partial charge < -0.3 is 5.32 Å². The van der Waals surface area contributed by atoms with E-state index in [1.54, 1.807) is 0 Å². The van der Waals surface area contributed by atoms with Crippen LogP contribution in [0.15, 0.2) is 0 Å². The van der Waals surface area contributed by atoms with Crippen LogP contribution in [0, 0.1) is 11.3 Å². The Morgan fingerprint density at radius 2 is 1.62 bits per heavy atom. The molecule has 4 heteroatoms. The third kappa shape index (κ3) is 4.32. The molecule has 2 unspecified atom stereocenters. The molecule has 1 rings (SSSR count). The number of hydrogen-bond acceptors (Lipinski definition) is 1. The fourth-order valence-electron chi connectivity index (χ4n) is 2.20. The van der Waals surface area contributed by atoms with Crippen molar-refractivity contribution in [2.75, 3.05) is 6.54 Å². The molecule has 0 aromatic carbocycles. The van der Waals surface area contributed by atoms with Gasteiger partial charge in [-0.1, -0.05) is 33.6 Å². The Labute approximate surface area is 95.8 Å². The lowest BCUT2D eigenvalue weighted by atomic mass is 9.83. The van der Waals surface area contributed by atoms with Crippen LogP contribution in [0.3, 0.4) is 0 Å². The highest BCUT2D eigenvalue weighted by molar-refractivity contribution is 4.86. The van der Waals surface area contributed by atoms with Crippen molar-refractivity contribution in [3.05, 3.63) is 0 Å². The van der Waals surface area contributed by atoms with Crippen molar-refractivity contribution in [2.45, 2.75) is 58.7 Å². The number of halogens is 3. The molecule has 0 aliphatic heterocycles. The van der Waals surface area contributed by atoms with Crippen LogP contribution in [0.4, 0.5) is 13.2 Å². The van der Waals surface area contributed by atoms with Gasteiger partial charge in [-0.3, -0.25) is 0 Å². The van der Waals surface area contributed by atoms with Gasteiger partial charge in [0.05, 0.1) is 5.92 Å². The Balaban J connectivity index is 2.54. The molecule has 0 aromatic rings. The van der Waals surface area contributed by atoms with Crippen molar-refractivity contribution in [2.24, 2.45) is 11.3 Å².